The summed E-state index contributed by atoms with van der Waals surface area (Å²) in [7, 11) is -3.40. The van der Waals surface area contributed by atoms with Crippen molar-refractivity contribution in [3.8, 4) is 0 Å². The van der Waals surface area contributed by atoms with Crippen LogP contribution in [0.1, 0.15) is 60.7 Å². The Balaban J connectivity index is 1.42. The summed E-state index contributed by atoms with van der Waals surface area (Å²) in [5.74, 6) is 0.962. The first-order valence-corrected chi connectivity index (χ1v) is 9.91. The maximum Gasteiger partial charge on any atom is 0.273 e. The van der Waals surface area contributed by atoms with Crippen LogP contribution >= 0.6 is 0 Å². The standard InChI is InChI=1S/C16H21N3O4S/c1-2-24(21,22)19-12-5-6-13(19)8-11(7-12)17-16(20)14-9-15(23-18-14)10-3-4-10/h2,9-13H,1,3-8H2,(H,17,20)/t11?,12-,13+. The van der Waals surface area contributed by atoms with E-state index in [1.165, 1.54) is 0 Å². The van der Waals surface area contributed by atoms with Crippen molar-refractivity contribution in [1.82, 2.24) is 14.8 Å². The van der Waals surface area contributed by atoms with Crippen LogP contribution < -0.4 is 5.32 Å². The van der Waals surface area contributed by atoms with Crippen LogP contribution in [0.2, 0.25) is 0 Å². The van der Waals surface area contributed by atoms with E-state index in [9.17, 15) is 13.2 Å². The number of amides is 1. The van der Waals surface area contributed by atoms with E-state index in [1.807, 2.05) is 0 Å². The predicted octanol–water partition coefficient (Wildman–Crippen LogP) is 1.75. The molecule has 1 aromatic heterocycles. The predicted molar refractivity (Wildman–Crippen MR) is 86.7 cm³/mol. The van der Waals surface area contributed by atoms with Gasteiger partial charge in [-0.05, 0) is 38.5 Å². The number of carbonyl (C=O) groups is 1. The molecule has 3 aliphatic rings. The van der Waals surface area contributed by atoms with E-state index in [4.69, 9.17) is 4.52 Å². The third-order valence-corrected chi connectivity index (χ3v) is 6.85. The number of rotatable bonds is 5. The second kappa shape index (κ2) is 5.70. The van der Waals surface area contributed by atoms with Gasteiger partial charge in [0.25, 0.3) is 5.91 Å². The summed E-state index contributed by atoms with van der Waals surface area (Å²) >= 11 is 0. The van der Waals surface area contributed by atoms with Crippen molar-refractivity contribution >= 4 is 15.9 Å². The molecule has 1 aliphatic carbocycles. The fourth-order valence-electron chi connectivity index (χ4n) is 3.97. The van der Waals surface area contributed by atoms with Gasteiger partial charge in [-0.2, -0.15) is 4.31 Å². The maximum atomic E-state index is 12.4. The molecule has 0 radical (unpaired) electrons. The van der Waals surface area contributed by atoms with Gasteiger partial charge in [0.15, 0.2) is 5.69 Å². The number of piperidine rings is 1. The van der Waals surface area contributed by atoms with Gasteiger partial charge in [0.05, 0.1) is 0 Å². The number of carbonyl (C=O) groups excluding carboxylic acids is 1. The summed E-state index contributed by atoms with van der Waals surface area (Å²) in [5, 5.41) is 7.87. The first-order chi connectivity index (χ1) is 11.5. The monoisotopic (exact) mass is 351 g/mol. The summed E-state index contributed by atoms with van der Waals surface area (Å²) < 4.78 is 31.1. The first-order valence-electron chi connectivity index (χ1n) is 8.41. The van der Waals surface area contributed by atoms with Crippen molar-refractivity contribution in [2.45, 2.75) is 62.6 Å². The van der Waals surface area contributed by atoms with Crippen LogP contribution in [0.5, 0.6) is 0 Å². The highest BCUT2D eigenvalue weighted by Gasteiger charge is 2.46. The fourth-order valence-corrected chi connectivity index (χ4v) is 5.36. The minimum atomic E-state index is -3.40. The Hall–Kier alpha value is -1.67. The Labute approximate surface area is 141 Å². The zero-order chi connectivity index (χ0) is 16.9. The van der Waals surface area contributed by atoms with Gasteiger partial charge in [-0.3, -0.25) is 4.79 Å². The highest BCUT2D eigenvalue weighted by atomic mass is 32.2. The molecule has 0 aromatic carbocycles. The molecule has 2 saturated heterocycles. The van der Waals surface area contributed by atoms with Crippen LogP contribution in [-0.2, 0) is 10.0 Å². The van der Waals surface area contributed by atoms with Crippen molar-refractivity contribution in [2.75, 3.05) is 0 Å². The van der Waals surface area contributed by atoms with Gasteiger partial charge in [0, 0.05) is 35.5 Å². The van der Waals surface area contributed by atoms with Gasteiger partial charge in [-0.15, -0.1) is 0 Å². The lowest BCUT2D eigenvalue weighted by molar-refractivity contribution is 0.0900. The molecule has 3 fully saturated rings. The average molecular weight is 351 g/mol. The third kappa shape index (κ3) is 2.77. The SMILES string of the molecule is C=CS(=O)(=O)N1[C@@H]2CC[C@H]1CC(NC(=O)c1cc(C3CC3)on1)C2. The zero-order valence-corrected chi connectivity index (χ0v) is 14.2. The van der Waals surface area contributed by atoms with E-state index in [-0.39, 0.29) is 24.0 Å². The van der Waals surface area contributed by atoms with E-state index >= 15 is 0 Å². The Bertz CT molecular complexity index is 754. The summed E-state index contributed by atoms with van der Waals surface area (Å²) in [6, 6.07) is 1.57. The average Bonchev–Trinajstić information content (AvgIpc) is 3.21. The summed E-state index contributed by atoms with van der Waals surface area (Å²) in [6.07, 6.45) is 5.11. The van der Waals surface area contributed by atoms with Gasteiger partial charge in [-0.25, -0.2) is 8.42 Å². The smallest absolute Gasteiger partial charge is 0.273 e. The highest BCUT2D eigenvalue weighted by molar-refractivity contribution is 7.92. The van der Waals surface area contributed by atoms with E-state index in [0.29, 0.717) is 24.5 Å². The van der Waals surface area contributed by atoms with Gasteiger partial charge < -0.3 is 9.84 Å². The van der Waals surface area contributed by atoms with Gasteiger partial charge in [0.1, 0.15) is 5.76 Å². The van der Waals surface area contributed by atoms with Crippen LogP contribution in [0.4, 0.5) is 0 Å². The normalized spacial score (nSPS) is 30.2. The number of sulfonamides is 1. The molecular weight excluding hydrogens is 330 g/mol. The molecular formula is C16H21N3O4S. The van der Waals surface area contributed by atoms with Crippen molar-refractivity contribution in [3.05, 3.63) is 29.5 Å². The number of aromatic nitrogens is 1. The number of nitrogens with one attached hydrogen (secondary N) is 1. The molecule has 130 valence electrons. The van der Waals surface area contributed by atoms with E-state index < -0.39 is 10.0 Å². The van der Waals surface area contributed by atoms with Crippen LogP contribution in [-0.4, -0.2) is 41.9 Å². The Morgan fingerprint density at radius 2 is 1.96 bits per heavy atom. The fraction of sp³-hybridized carbons (Fsp3) is 0.625. The lowest BCUT2D eigenvalue weighted by atomic mass is 9.99. The van der Waals surface area contributed by atoms with Crippen molar-refractivity contribution < 1.29 is 17.7 Å². The van der Waals surface area contributed by atoms with Gasteiger partial charge in [-0.1, -0.05) is 11.7 Å². The summed E-state index contributed by atoms with van der Waals surface area (Å²) in [6.45, 7) is 3.41. The number of fused-ring (bicyclic) bond motifs is 2. The quantitative estimate of drug-likeness (QED) is 0.872. The van der Waals surface area contributed by atoms with Crippen LogP contribution in [0.15, 0.2) is 22.6 Å². The highest BCUT2D eigenvalue weighted by Crippen LogP contribution is 2.40. The van der Waals surface area contributed by atoms with Gasteiger partial charge in [0.2, 0.25) is 10.0 Å². The van der Waals surface area contributed by atoms with Crippen molar-refractivity contribution in [3.63, 3.8) is 0 Å². The lowest BCUT2D eigenvalue weighted by Crippen LogP contribution is -2.51. The molecule has 1 aromatic rings. The number of nitrogens with zero attached hydrogens (tertiary/aromatic N) is 2. The zero-order valence-electron chi connectivity index (χ0n) is 13.3. The largest absolute Gasteiger partial charge is 0.360 e. The Morgan fingerprint density at radius 3 is 2.54 bits per heavy atom. The van der Waals surface area contributed by atoms with Crippen LogP contribution in [0.25, 0.3) is 0 Å². The van der Waals surface area contributed by atoms with E-state index in [0.717, 1.165) is 36.9 Å². The molecule has 3 heterocycles. The minimum absolute atomic E-state index is 0.0349. The molecule has 0 spiro atoms. The first kappa shape index (κ1) is 15.8. The second-order valence-corrected chi connectivity index (χ2v) is 8.74. The lowest BCUT2D eigenvalue weighted by Gasteiger charge is -2.37. The molecule has 1 amide bonds. The number of hydrogen-bond donors (Lipinski definition) is 1. The number of hydrogen-bond acceptors (Lipinski definition) is 5. The molecule has 1 saturated carbocycles. The molecule has 3 atom stereocenters. The topological polar surface area (TPSA) is 92.5 Å². The Kier molecular flexibility index (Phi) is 3.76. The Morgan fingerprint density at radius 1 is 1.29 bits per heavy atom. The van der Waals surface area contributed by atoms with Crippen molar-refractivity contribution in [1.29, 1.82) is 0 Å². The second-order valence-electron chi connectivity index (χ2n) is 6.96. The summed E-state index contributed by atoms with van der Waals surface area (Å²) in [4.78, 5) is 12.4. The van der Waals surface area contributed by atoms with E-state index in [1.54, 1.807) is 10.4 Å². The molecule has 1 unspecified atom stereocenters. The molecule has 2 aliphatic heterocycles. The molecule has 24 heavy (non-hydrogen) atoms. The van der Waals surface area contributed by atoms with Gasteiger partial charge >= 0.3 is 0 Å². The van der Waals surface area contributed by atoms with Crippen LogP contribution in [0.3, 0.4) is 0 Å². The maximum absolute atomic E-state index is 12.4. The minimum Gasteiger partial charge on any atom is -0.360 e. The molecule has 4 rings (SSSR count). The molecule has 7 nitrogen and oxygen atoms in total. The third-order valence-electron chi connectivity index (χ3n) is 5.25. The molecule has 1 N–H and O–H groups in total. The molecule has 2 bridgehead atoms. The molecule has 8 heteroatoms. The van der Waals surface area contributed by atoms with Crippen molar-refractivity contribution in [2.24, 2.45) is 0 Å². The van der Waals surface area contributed by atoms with E-state index in [2.05, 4.69) is 17.1 Å². The summed E-state index contributed by atoms with van der Waals surface area (Å²) in [5.41, 5.74) is 0.311. The van der Waals surface area contributed by atoms with Crippen LogP contribution in [0, 0.1) is 0 Å².